The van der Waals surface area contributed by atoms with Crippen LogP contribution < -0.4 is 4.90 Å². The SMILES string of the molecule is CC[C@@H]1C2CC3[C@H]4N(C)c5ccccc5[C@@]45C[C@H](C2C5O)N3[C@@H]1O. The molecule has 6 aliphatic rings. The number of aliphatic hydroxyl groups is 2. The Bertz CT molecular complexity index is 723. The summed E-state index contributed by atoms with van der Waals surface area (Å²) in [7, 11) is 2.19. The summed E-state index contributed by atoms with van der Waals surface area (Å²) in [6.07, 6.45) is 2.56. The Morgan fingerprint density at radius 1 is 1.21 bits per heavy atom. The van der Waals surface area contributed by atoms with Crippen LogP contribution in [0.3, 0.4) is 0 Å². The fourth-order valence-corrected chi connectivity index (χ4v) is 7.88. The van der Waals surface area contributed by atoms with E-state index in [0.717, 1.165) is 19.3 Å². The first-order chi connectivity index (χ1) is 11.6. The monoisotopic (exact) mass is 326 g/mol. The fourth-order valence-electron chi connectivity index (χ4n) is 7.88. The maximum absolute atomic E-state index is 11.6. The third kappa shape index (κ3) is 1.20. The predicted molar refractivity (Wildman–Crippen MR) is 91.7 cm³/mol. The Morgan fingerprint density at radius 3 is 2.79 bits per heavy atom. The van der Waals surface area contributed by atoms with E-state index in [1.165, 1.54) is 11.3 Å². The van der Waals surface area contributed by atoms with Crippen molar-refractivity contribution in [2.45, 2.75) is 62.1 Å². The molecule has 5 unspecified atom stereocenters. The second-order valence-electron chi connectivity index (χ2n) is 8.81. The zero-order valence-electron chi connectivity index (χ0n) is 14.3. The Morgan fingerprint density at radius 2 is 2.00 bits per heavy atom. The van der Waals surface area contributed by atoms with Gasteiger partial charge in [0.1, 0.15) is 6.23 Å². The molecule has 24 heavy (non-hydrogen) atoms. The highest BCUT2D eigenvalue weighted by Crippen LogP contribution is 2.68. The van der Waals surface area contributed by atoms with Gasteiger partial charge in [-0.15, -0.1) is 0 Å². The van der Waals surface area contributed by atoms with Gasteiger partial charge in [-0.2, -0.15) is 0 Å². The lowest BCUT2D eigenvalue weighted by atomic mass is 9.62. The zero-order chi connectivity index (χ0) is 16.4. The average molecular weight is 326 g/mol. The zero-order valence-corrected chi connectivity index (χ0v) is 14.3. The van der Waals surface area contributed by atoms with Crippen molar-refractivity contribution in [3.05, 3.63) is 29.8 Å². The molecule has 0 amide bonds. The van der Waals surface area contributed by atoms with Crippen LogP contribution in [0.25, 0.3) is 0 Å². The van der Waals surface area contributed by atoms with Gasteiger partial charge in [-0.25, -0.2) is 0 Å². The summed E-state index contributed by atoms with van der Waals surface area (Å²) >= 11 is 0. The van der Waals surface area contributed by atoms with E-state index in [1.807, 2.05) is 0 Å². The molecule has 5 fully saturated rings. The molecule has 0 aromatic heterocycles. The minimum absolute atomic E-state index is 0.126. The highest BCUT2D eigenvalue weighted by atomic mass is 16.3. The number of para-hydroxylation sites is 1. The number of hydrogen-bond donors (Lipinski definition) is 2. The van der Waals surface area contributed by atoms with Crippen molar-refractivity contribution < 1.29 is 10.2 Å². The Hall–Kier alpha value is -1.10. The third-order valence-electron chi connectivity index (χ3n) is 8.46. The van der Waals surface area contributed by atoms with Crippen LogP contribution in [0.4, 0.5) is 5.69 Å². The van der Waals surface area contributed by atoms with Crippen LogP contribution >= 0.6 is 0 Å². The molecule has 0 radical (unpaired) electrons. The van der Waals surface area contributed by atoms with E-state index >= 15 is 0 Å². The van der Waals surface area contributed by atoms with Crippen molar-refractivity contribution in [1.82, 2.24) is 4.90 Å². The van der Waals surface area contributed by atoms with E-state index in [2.05, 4.69) is 48.0 Å². The first-order valence-electron chi connectivity index (χ1n) is 9.57. The van der Waals surface area contributed by atoms with Crippen molar-refractivity contribution in [3.63, 3.8) is 0 Å². The lowest BCUT2D eigenvalue weighted by Crippen LogP contribution is -2.72. The summed E-state index contributed by atoms with van der Waals surface area (Å²) in [5, 5.41) is 22.6. The molecule has 5 heterocycles. The summed E-state index contributed by atoms with van der Waals surface area (Å²) < 4.78 is 0. The number of aliphatic hydroxyl groups excluding tert-OH is 2. The van der Waals surface area contributed by atoms with Crippen molar-refractivity contribution in [1.29, 1.82) is 0 Å². The van der Waals surface area contributed by atoms with Crippen molar-refractivity contribution in [2.75, 3.05) is 11.9 Å². The topological polar surface area (TPSA) is 46.9 Å². The fraction of sp³-hybridized carbons (Fsp3) is 0.700. The standard InChI is InChI=1S/C20H26N2O2/c1-3-10-11-8-14-17-20(12-6-4-5-7-13(12)21(17)2)9-15(16(11)18(20)23)22(14)19(10)24/h4-7,10-11,14-19,23-24H,3,8-9H2,1-2H3/t10-,11?,14?,15-,16?,17-,18?,19-,20+/m1/s1. The van der Waals surface area contributed by atoms with Crippen LogP contribution in [-0.2, 0) is 5.41 Å². The number of fused-ring (bicyclic) bond motifs is 2. The number of piperidine rings is 4. The van der Waals surface area contributed by atoms with Gasteiger partial charge in [0.25, 0.3) is 0 Å². The summed E-state index contributed by atoms with van der Waals surface area (Å²) in [5.41, 5.74) is 2.51. The van der Waals surface area contributed by atoms with Crippen LogP contribution in [0.5, 0.6) is 0 Å². The van der Waals surface area contributed by atoms with E-state index in [1.54, 1.807) is 0 Å². The van der Waals surface area contributed by atoms with E-state index in [4.69, 9.17) is 0 Å². The van der Waals surface area contributed by atoms with Gasteiger partial charge in [0.05, 0.1) is 12.1 Å². The molecule has 1 aromatic carbocycles. The number of likely N-dealkylation sites (N-methyl/N-ethyl adjacent to an activating group) is 1. The normalized spacial score (nSPS) is 55.8. The second-order valence-corrected chi connectivity index (χ2v) is 8.81. The molecular weight excluding hydrogens is 300 g/mol. The number of nitrogens with zero attached hydrogens (tertiary/aromatic N) is 2. The van der Waals surface area contributed by atoms with Gasteiger partial charge in [-0.3, -0.25) is 4.90 Å². The highest BCUT2D eigenvalue weighted by Gasteiger charge is 2.76. The molecule has 128 valence electrons. The van der Waals surface area contributed by atoms with Crippen LogP contribution in [0.1, 0.15) is 31.7 Å². The first kappa shape index (κ1) is 14.1. The third-order valence-corrected chi connectivity index (χ3v) is 8.46. The van der Waals surface area contributed by atoms with E-state index in [-0.39, 0.29) is 17.7 Å². The Kier molecular flexibility index (Phi) is 2.45. The molecular formula is C20H26N2O2. The van der Waals surface area contributed by atoms with Crippen LogP contribution in [0.15, 0.2) is 24.3 Å². The molecule has 2 N–H and O–H groups in total. The second kappa shape index (κ2) is 4.17. The number of benzene rings is 1. The minimum atomic E-state index is -0.319. The van der Waals surface area contributed by atoms with Gasteiger partial charge >= 0.3 is 0 Å². The van der Waals surface area contributed by atoms with Gasteiger partial charge in [0.2, 0.25) is 0 Å². The maximum atomic E-state index is 11.6. The molecule has 10 atom stereocenters. The van der Waals surface area contributed by atoms with Crippen molar-refractivity contribution in [2.24, 2.45) is 17.8 Å². The van der Waals surface area contributed by atoms with Crippen LogP contribution in [0, 0.1) is 17.8 Å². The molecule has 5 bridgehead atoms. The molecule has 1 saturated carbocycles. The maximum Gasteiger partial charge on any atom is 0.111 e. The van der Waals surface area contributed by atoms with Crippen molar-refractivity contribution in [3.8, 4) is 0 Å². The molecule has 1 spiro atoms. The number of rotatable bonds is 1. The summed E-state index contributed by atoms with van der Waals surface area (Å²) in [5.74, 6) is 1.14. The lowest BCUT2D eigenvalue weighted by molar-refractivity contribution is -0.211. The van der Waals surface area contributed by atoms with Gasteiger partial charge in [0.15, 0.2) is 0 Å². The molecule has 4 heteroatoms. The molecule has 4 saturated heterocycles. The smallest absolute Gasteiger partial charge is 0.111 e. The molecule has 4 nitrogen and oxygen atoms in total. The average Bonchev–Trinajstić information content (AvgIpc) is 2.97. The lowest BCUT2D eigenvalue weighted by Gasteiger charge is -2.62. The molecule has 7 rings (SSSR count). The summed E-state index contributed by atoms with van der Waals surface area (Å²) in [6.45, 7) is 2.19. The van der Waals surface area contributed by atoms with Gasteiger partial charge in [-0.05, 0) is 36.8 Å². The molecule has 1 aliphatic carbocycles. The van der Waals surface area contributed by atoms with E-state index < -0.39 is 0 Å². The summed E-state index contributed by atoms with van der Waals surface area (Å²) in [6, 6.07) is 9.70. The first-order valence-corrected chi connectivity index (χ1v) is 9.57. The van der Waals surface area contributed by atoms with Crippen LogP contribution in [0.2, 0.25) is 0 Å². The van der Waals surface area contributed by atoms with Gasteiger partial charge in [-0.1, -0.05) is 25.1 Å². The number of hydrogen-bond acceptors (Lipinski definition) is 4. The quantitative estimate of drug-likeness (QED) is 0.822. The van der Waals surface area contributed by atoms with Gasteiger partial charge < -0.3 is 15.1 Å². The summed E-state index contributed by atoms with van der Waals surface area (Å²) in [4.78, 5) is 4.83. The van der Waals surface area contributed by atoms with Crippen molar-refractivity contribution >= 4 is 5.69 Å². The van der Waals surface area contributed by atoms with E-state index in [0.29, 0.717) is 35.9 Å². The highest BCUT2D eigenvalue weighted by molar-refractivity contribution is 5.67. The largest absolute Gasteiger partial charge is 0.392 e. The predicted octanol–water partition coefficient (Wildman–Crippen LogP) is 1.55. The number of anilines is 1. The Labute approximate surface area is 143 Å². The molecule has 5 aliphatic heterocycles. The minimum Gasteiger partial charge on any atom is -0.392 e. The molecule has 1 aromatic rings. The van der Waals surface area contributed by atoms with E-state index in [9.17, 15) is 10.2 Å². The van der Waals surface area contributed by atoms with Gasteiger partial charge in [0, 0.05) is 42.1 Å². The Balaban J connectivity index is 1.60. The van der Waals surface area contributed by atoms with Crippen LogP contribution in [-0.4, -0.2) is 52.6 Å².